The summed E-state index contributed by atoms with van der Waals surface area (Å²) in [6.45, 7) is 2.22. The lowest BCUT2D eigenvalue weighted by molar-refractivity contribution is -0.136. The zero-order valence-corrected chi connectivity index (χ0v) is 20.2. The first-order valence-corrected chi connectivity index (χ1v) is 11.4. The van der Waals surface area contributed by atoms with Gasteiger partial charge in [0, 0.05) is 46.6 Å². The lowest BCUT2D eigenvalue weighted by Gasteiger charge is -2.15. The molecule has 0 aliphatic heterocycles. The van der Waals surface area contributed by atoms with Crippen molar-refractivity contribution < 1.29 is 19.5 Å². The van der Waals surface area contributed by atoms with Crippen LogP contribution in [0.3, 0.4) is 0 Å². The zero-order chi connectivity index (χ0) is 25.4. The Morgan fingerprint density at radius 1 is 0.943 bits per heavy atom. The quantitative estimate of drug-likeness (QED) is 0.254. The molecule has 0 aliphatic carbocycles. The van der Waals surface area contributed by atoms with E-state index in [1.807, 2.05) is 0 Å². The van der Waals surface area contributed by atoms with Crippen molar-refractivity contribution in [2.24, 2.45) is 0 Å². The highest BCUT2D eigenvalue weighted by Gasteiger charge is 2.16. The van der Waals surface area contributed by atoms with E-state index in [1.54, 1.807) is 49.4 Å². The Labute approximate surface area is 211 Å². The SMILES string of the molecule is CCNC(=O)Nc1cc(Nc2cc(Cl)cc(Cl)c2)c(C(=O)Nc2ccc(CCC(=O)O)cc2)cn1. The van der Waals surface area contributed by atoms with Crippen molar-refractivity contribution in [1.82, 2.24) is 10.3 Å². The molecule has 5 N–H and O–H groups in total. The van der Waals surface area contributed by atoms with Crippen LogP contribution in [0.25, 0.3) is 0 Å². The number of anilines is 4. The van der Waals surface area contributed by atoms with Crippen LogP contribution in [-0.4, -0.2) is 34.5 Å². The number of aryl methyl sites for hydroxylation is 1. The van der Waals surface area contributed by atoms with Crippen LogP contribution < -0.4 is 21.3 Å². The molecule has 3 rings (SSSR count). The van der Waals surface area contributed by atoms with Gasteiger partial charge >= 0.3 is 12.0 Å². The first-order chi connectivity index (χ1) is 16.7. The monoisotopic (exact) mass is 515 g/mol. The fourth-order valence-corrected chi connectivity index (χ4v) is 3.64. The smallest absolute Gasteiger partial charge is 0.320 e. The Bertz CT molecular complexity index is 1210. The predicted octanol–water partition coefficient (Wildman–Crippen LogP) is 5.54. The molecule has 0 saturated carbocycles. The summed E-state index contributed by atoms with van der Waals surface area (Å²) in [5, 5.41) is 20.7. The molecule has 0 aliphatic rings. The average molecular weight is 516 g/mol. The van der Waals surface area contributed by atoms with Crippen molar-refractivity contribution in [3.05, 3.63) is 75.9 Å². The highest BCUT2D eigenvalue weighted by atomic mass is 35.5. The fourth-order valence-electron chi connectivity index (χ4n) is 3.12. The summed E-state index contributed by atoms with van der Waals surface area (Å²) < 4.78 is 0. The third-order valence-corrected chi connectivity index (χ3v) is 5.14. The summed E-state index contributed by atoms with van der Waals surface area (Å²) in [6.07, 6.45) is 1.76. The van der Waals surface area contributed by atoms with E-state index in [2.05, 4.69) is 26.3 Å². The number of carboxylic acid groups (broad SMARTS) is 1. The largest absolute Gasteiger partial charge is 0.481 e. The number of carboxylic acids is 1. The van der Waals surface area contributed by atoms with E-state index in [-0.39, 0.29) is 17.8 Å². The van der Waals surface area contributed by atoms with E-state index in [4.69, 9.17) is 28.3 Å². The third kappa shape index (κ3) is 7.87. The number of amides is 3. The molecule has 0 atom stereocenters. The molecule has 1 aromatic heterocycles. The van der Waals surface area contributed by atoms with Crippen molar-refractivity contribution in [3.63, 3.8) is 0 Å². The minimum atomic E-state index is -0.874. The Morgan fingerprint density at radius 2 is 1.63 bits per heavy atom. The van der Waals surface area contributed by atoms with Crippen molar-refractivity contribution in [2.45, 2.75) is 19.8 Å². The van der Waals surface area contributed by atoms with E-state index >= 15 is 0 Å². The molecule has 182 valence electrons. The highest BCUT2D eigenvalue weighted by molar-refractivity contribution is 6.35. The number of carbonyl (C=O) groups is 3. The van der Waals surface area contributed by atoms with Gasteiger partial charge in [-0.15, -0.1) is 0 Å². The molecule has 0 spiro atoms. The summed E-state index contributed by atoms with van der Waals surface area (Å²) in [5.41, 5.74) is 2.47. The number of rotatable bonds is 9. The van der Waals surface area contributed by atoms with Gasteiger partial charge in [0.05, 0.1) is 11.3 Å². The van der Waals surface area contributed by atoms with Gasteiger partial charge in [-0.2, -0.15) is 0 Å². The summed E-state index contributed by atoms with van der Waals surface area (Å²) in [4.78, 5) is 39.9. The van der Waals surface area contributed by atoms with Gasteiger partial charge in [-0.05, 0) is 49.2 Å². The minimum Gasteiger partial charge on any atom is -0.481 e. The number of aromatic nitrogens is 1. The van der Waals surface area contributed by atoms with Crippen LogP contribution in [0.4, 0.5) is 27.7 Å². The van der Waals surface area contributed by atoms with Gasteiger partial charge in [-0.25, -0.2) is 9.78 Å². The summed E-state index contributed by atoms with van der Waals surface area (Å²) in [5.74, 6) is -1.09. The number of benzene rings is 2. The molecule has 3 amide bonds. The van der Waals surface area contributed by atoms with Crippen molar-refractivity contribution in [2.75, 3.05) is 22.5 Å². The maximum absolute atomic E-state index is 13.1. The number of hydrogen-bond donors (Lipinski definition) is 5. The van der Waals surface area contributed by atoms with E-state index in [0.29, 0.717) is 40.1 Å². The number of hydrogen-bond acceptors (Lipinski definition) is 5. The Balaban J connectivity index is 1.85. The van der Waals surface area contributed by atoms with Gasteiger partial charge in [0.2, 0.25) is 0 Å². The summed E-state index contributed by atoms with van der Waals surface area (Å²) in [6, 6.07) is 12.8. The molecule has 0 radical (unpaired) electrons. The molecule has 0 bridgehead atoms. The second kappa shape index (κ2) is 12.0. The molecule has 9 nitrogen and oxygen atoms in total. The van der Waals surface area contributed by atoms with Crippen LogP contribution in [0.15, 0.2) is 54.7 Å². The van der Waals surface area contributed by atoms with Crippen LogP contribution >= 0.6 is 23.2 Å². The molecule has 2 aromatic carbocycles. The zero-order valence-electron chi connectivity index (χ0n) is 18.7. The van der Waals surface area contributed by atoms with Gasteiger partial charge in [-0.3, -0.25) is 14.9 Å². The molecule has 0 unspecified atom stereocenters. The van der Waals surface area contributed by atoms with Gasteiger partial charge in [0.1, 0.15) is 5.82 Å². The van der Waals surface area contributed by atoms with Gasteiger partial charge in [-0.1, -0.05) is 35.3 Å². The first-order valence-electron chi connectivity index (χ1n) is 10.6. The Morgan fingerprint density at radius 3 is 2.26 bits per heavy atom. The standard InChI is InChI=1S/C24H23Cl2N5O4/c1-2-27-24(35)31-21-12-20(29-18-10-15(25)9-16(26)11-18)19(13-28-21)23(34)30-17-6-3-14(4-7-17)5-8-22(32)33/h3-4,6-7,9-13H,2,5,8H2,1H3,(H,30,34)(H,32,33)(H3,27,28,29,31,35). The van der Waals surface area contributed by atoms with E-state index in [9.17, 15) is 14.4 Å². The van der Waals surface area contributed by atoms with E-state index in [0.717, 1.165) is 5.56 Å². The normalized spacial score (nSPS) is 10.4. The van der Waals surface area contributed by atoms with Crippen LogP contribution in [0.1, 0.15) is 29.3 Å². The van der Waals surface area contributed by atoms with Crippen molar-refractivity contribution in [1.29, 1.82) is 0 Å². The molecule has 35 heavy (non-hydrogen) atoms. The summed E-state index contributed by atoms with van der Waals surface area (Å²) in [7, 11) is 0. The number of pyridine rings is 1. The number of carbonyl (C=O) groups excluding carboxylic acids is 2. The van der Waals surface area contributed by atoms with Crippen molar-refractivity contribution >= 4 is 64.0 Å². The molecule has 3 aromatic rings. The Kier molecular flexibility index (Phi) is 8.88. The number of halogens is 2. The number of nitrogens with one attached hydrogen (secondary N) is 4. The van der Waals surface area contributed by atoms with Crippen LogP contribution in [0.5, 0.6) is 0 Å². The molecule has 1 heterocycles. The third-order valence-electron chi connectivity index (χ3n) is 4.71. The fraction of sp³-hybridized carbons (Fsp3) is 0.167. The van der Waals surface area contributed by atoms with Gasteiger partial charge in [0.25, 0.3) is 5.91 Å². The van der Waals surface area contributed by atoms with Crippen LogP contribution in [0, 0.1) is 0 Å². The topological polar surface area (TPSA) is 132 Å². The second-order valence-electron chi connectivity index (χ2n) is 7.43. The Hall–Kier alpha value is -3.82. The van der Waals surface area contributed by atoms with Crippen LogP contribution in [-0.2, 0) is 11.2 Å². The average Bonchev–Trinajstić information content (AvgIpc) is 2.78. The molecular formula is C24H23Cl2N5O4. The number of nitrogens with zero attached hydrogens (tertiary/aromatic N) is 1. The number of aliphatic carboxylic acids is 1. The summed E-state index contributed by atoms with van der Waals surface area (Å²) >= 11 is 12.2. The highest BCUT2D eigenvalue weighted by Crippen LogP contribution is 2.28. The molecule has 0 saturated heterocycles. The maximum atomic E-state index is 13.1. The van der Waals surface area contributed by atoms with Crippen molar-refractivity contribution in [3.8, 4) is 0 Å². The lowest BCUT2D eigenvalue weighted by atomic mass is 10.1. The first kappa shape index (κ1) is 25.8. The predicted molar refractivity (Wildman–Crippen MR) is 137 cm³/mol. The molecule has 0 fully saturated rings. The number of urea groups is 1. The van der Waals surface area contributed by atoms with Gasteiger partial charge < -0.3 is 21.1 Å². The van der Waals surface area contributed by atoms with Crippen LogP contribution in [0.2, 0.25) is 10.0 Å². The maximum Gasteiger partial charge on any atom is 0.320 e. The molecular weight excluding hydrogens is 493 g/mol. The van der Waals surface area contributed by atoms with E-state index in [1.165, 1.54) is 12.3 Å². The molecule has 11 heteroatoms. The second-order valence-corrected chi connectivity index (χ2v) is 8.30. The lowest BCUT2D eigenvalue weighted by Crippen LogP contribution is -2.28. The van der Waals surface area contributed by atoms with Gasteiger partial charge in [0.15, 0.2) is 0 Å². The van der Waals surface area contributed by atoms with E-state index < -0.39 is 17.9 Å². The minimum absolute atomic E-state index is 0.0244.